The van der Waals surface area contributed by atoms with Crippen molar-refractivity contribution in [1.82, 2.24) is 39.9 Å². The van der Waals surface area contributed by atoms with Crippen LogP contribution in [-0.2, 0) is 0 Å². The lowest BCUT2D eigenvalue weighted by molar-refractivity contribution is 1.12. The topological polar surface area (TPSA) is 116 Å². The minimum Gasteiger partial charge on any atom is -0.307 e. The van der Waals surface area contributed by atoms with E-state index in [1.807, 2.05) is 49.6 Å². The Morgan fingerprint density at radius 2 is 0.458 bits per heavy atom. The number of hydrogen-bond acceptors (Lipinski definition) is 12. The van der Waals surface area contributed by atoms with Crippen LogP contribution in [0.3, 0.4) is 0 Å². The van der Waals surface area contributed by atoms with Crippen LogP contribution < -0.4 is 19.6 Å². The molecule has 4 aromatic heterocycles. The van der Waals surface area contributed by atoms with Crippen molar-refractivity contribution in [3.05, 3.63) is 231 Å². The fourth-order valence-corrected chi connectivity index (χ4v) is 10.2. The summed E-state index contributed by atoms with van der Waals surface area (Å²) in [5.74, 6) is 0. The highest BCUT2D eigenvalue weighted by atomic mass is 15.2. The minimum absolute atomic E-state index is 0.809. The molecular weight excluding hydrogens is 889 g/mol. The molecule has 0 unspecified atom stereocenters. The van der Waals surface area contributed by atoms with Crippen molar-refractivity contribution < 1.29 is 0 Å². The van der Waals surface area contributed by atoms with Crippen LogP contribution in [-0.4, -0.2) is 39.9 Å². The Labute approximate surface area is 416 Å². The summed E-state index contributed by atoms with van der Waals surface area (Å²) < 4.78 is 0. The van der Waals surface area contributed by atoms with Crippen molar-refractivity contribution in [3.63, 3.8) is 0 Å². The SMILES string of the molecule is Cc1ccccc1N(c1cncnc1)c1cc(N(c2cncnc2)c2ccccc2C)c2ccc3c(N(c4cncnc4)c4ccccc4C)cc(N(c4cncnc4)c4ccccc4C)c4ccc1c2c43. The first-order valence-corrected chi connectivity index (χ1v) is 23.7. The average Bonchev–Trinajstić information content (AvgIpc) is 3.42. The fraction of sp³-hybridized carbons (Fsp3) is 0.0667. The third kappa shape index (κ3) is 7.49. The summed E-state index contributed by atoms with van der Waals surface area (Å²) in [7, 11) is 0. The molecule has 4 heterocycles. The lowest BCUT2D eigenvalue weighted by Crippen LogP contribution is -2.17. The van der Waals surface area contributed by atoms with Crippen LogP contribution in [0.2, 0.25) is 0 Å². The normalized spacial score (nSPS) is 11.3. The molecule has 0 bridgehead atoms. The quantitative estimate of drug-likeness (QED) is 0.109. The first-order chi connectivity index (χ1) is 35.4. The molecule has 12 aromatic rings. The standard InChI is InChI=1S/C60H46N12/c1-39-13-5-9-17-51(39)69(43-27-61-35-62-28-43)55-25-56(70(44-29-63-36-64-30-44)52-18-10-6-14-40(52)2)48-23-24-50-58(72(46-33-67-38-68-34-46)54-20-12-8-16-42(54)4)26-57(49-22-21-47(55)59(48)60(49)50)71(45-31-65-37-66-32-45)53-19-11-7-15-41(53)3/h5-38H,1-4H3. The Balaban J connectivity index is 1.31. The molecule has 0 aliphatic heterocycles. The maximum atomic E-state index is 4.59. The largest absolute Gasteiger partial charge is 0.307 e. The molecule has 0 saturated carbocycles. The van der Waals surface area contributed by atoms with Gasteiger partial charge in [0, 0.05) is 55.1 Å². The molecule has 0 N–H and O–H groups in total. The molecule has 0 atom stereocenters. The van der Waals surface area contributed by atoms with Gasteiger partial charge in [0.2, 0.25) is 0 Å². The lowest BCUT2D eigenvalue weighted by atomic mass is 9.89. The molecule has 0 amide bonds. The van der Waals surface area contributed by atoms with Crippen LogP contribution in [0.25, 0.3) is 32.3 Å². The second-order valence-electron chi connectivity index (χ2n) is 17.8. The number of aromatic nitrogens is 8. The number of nitrogens with zero attached hydrogens (tertiary/aromatic N) is 12. The molecule has 8 aromatic carbocycles. The van der Waals surface area contributed by atoms with E-state index in [1.165, 1.54) is 0 Å². The van der Waals surface area contributed by atoms with Gasteiger partial charge in [-0.3, -0.25) is 0 Å². The van der Waals surface area contributed by atoms with Gasteiger partial charge in [0.25, 0.3) is 0 Å². The monoisotopic (exact) mass is 934 g/mol. The van der Waals surface area contributed by atoms with Gasteiger partial charge >= 0.3 is 0 Å². The fourth-order valence-electron chi connectivity index (χ4n) is 10.2. The van der Waals surface area contributed by atoms with Gasteiger partial charge in [-0.25, -0.2) is 39.9 Å². The van der Waals surface area contributed by atoms with E-state index in [1.54, 1.807) is 25.3 Å². The Kier molecular flexibility index (Phi) is 11.1. The van der Waals surface area contributed by atoms with Crippen LogP contribution in [0.5, 0.6) is 0 Å². The van der Waals surface area contributed by atoms with Crippen LogP contribution in [0.15, 0.2) is 208 Å². The first-order valence-electron chi connectivity index (χ1n) is 23.7. The number of para-hydroxylation sites is 4. The molecule has 72 heavy (non-hydrogen) atoms. The molecule has 346 valence electrons. The lowest BCUT2D eigenvalue weighted by Gasteiger charge is -2.34. The Hall–Kier alpha value is -9.68. The van der Waals surface area contributed by atoms with Crippen LogP contribution in [0.1, 0.15) is 22.3 Å². The third-order valence-electron chi connectivity index (χ3n) is 13.4. The number of aryl methyl sites for hydroxylation is 4. The Morgan fingerprint density at radius 3 is 0.667 bits per heavy atom. The molecule has 0 spiro atoms. The van der Waals surface area contributed by atoms with Crippen LogP contribution >= 0.6 is 0 Å². The maximum absolute atomic E-state index is 4.59. The van der Waals surface area contributed by atoms with Crippen molar-refractivity contribution in [2.24, 2.45) is 0 Å². The Morgan fingerprint density at radius 1 is 0.250 bits per heavy atom. The second-order valence-corrected chi connectivity index (χ2v) is 17.8. The summed E-state index contributed by atoms with van der Waals surface area (Å²) in [4.78, 5) is 45.9. The van der Waals surface area contributed by atoms with Crippen molar-refractivity contribution in [2.45, 2.75) is 27.7 Å². The third-order valence-corrected chi connectivity index (χ3v) is 13.4. The molecule has 12 nitrogen and oxygen atoms in total. The van der Waals surface area contributed by atoms with E-state index >= 15 is 0 Å². The van der Waals surface area contributed by atoms with E-state index in [2.05, 4.69) is 221 Å². The zero-order valence-electron chi connectivity index (χ0n) is 40.0. The molecule has 0 fully saturated rings. The van der Waals surface area contributed by atoms with E-state index in [-0.39, 0.29) is 0 Å². The van der Waals surface area contributed by atoms with Crippen molar-refractivity contribution in [2.75, 3.05) is 19.6 Å². The van der Waals surface area contributed by atoms with Gasteiger partial charge in [0.15, 0.2) is 0 Å². The zero-order valence-corrected chi connectivity index (χ0v) is 40.0. The van der Waals surface area contributed by atoms with Crippen molar-refractivity contribution >= 4 is 101 Å². The average molecular weight is 935 g/mol. The summed E-state index contributed by atoms with van der Waals surface area (Å²) in [6.45, 7) is 8.57. The smallest absolute Gasteiger partial charge is 0.115 e. The number of hydrogen-bond donors (Lipinski definition) is 0. The highest BCUT2D eigenvalue weighted by Gasteiger charge is 2.30. The number of rotatable bonds is 12. The van der Waals surface area contributed by atoms with Gasteiger partial charge < -0.3 is 19.6 Å². The molecule has 0 aliphatic carbocycles. The summed E-state index contributed by atoms with van der Waals surface area (Å²) in [6.07, 6.45) is 21.3. The van der Waals surface area contributed by atoms with Gasteiger partial charge in [-0.05, 0) is 86.3 Å². The molecule has 12 heteroatoms. The van der Waals surface area contributed by atoms with Gasteiger partial charge in [0.1, 0.15) is 25.3 Å². The Bertz CT molecular complexity index is 3390. The van der Waals surface area contributed by atoms with Crippen LogP contribution in [0.4, 0.5) is 68.2 Å². The predicted octanol–water partition coefficient (Wildman–Crippen LogP) is 14.9. The van der Waals surface area contributed by atoms with Crippen molar-refractivity contribution in [3.8, 4) is 0 Å². The minimum atomic E-state index is 0.809. The van der Waals surface area contributed by atoms with E-state index in [9.17, 15) is 0 Å². The highest BCUT2D eigenvalue weighted by Crippen LogP contribution is 2.55. The van der Waals surface area contributed by atoms with Gasteiger partial charge in [-0.2, -0.15) is 0 Å². The predicted molar refractivity (Wildman–Crippen MR) is 290 cm³/mol. The first kappa shape index (κ1) is 43.6. The second kappa shape index (κ2) is 18.3. The summed E-state index contributed by atoms with van der Waals surface area (Å²) in [5.41, 5.74) is 15.3. The maximum Gasteiger partial charge on any atom is 0.115 e. The highest BCUT2D eigenvalue weighted by molar-refractivity contribution is 6.33. The van der Waals surface area contributed by atoms with Crippen LogP contribution in [0, 0.1) is 27.7 Å². The van der Waals surface area contributed by atoms with E-state index < -0.39 is 0 Å². The van der Waals surface area contributed by atoms with E-state index in [0.717, 1.165) is 123 Å². The molecule has 0 radical (unpaired) electrons. The summed E-state index contributed by atoms with van der Waals surface area (Å²) in [5, 5.41) is 6.18. The van der Waals surface area contributed by atoms with E-state index in [0.29, 0.717) is 0 Å². The summed E-state index contributed by atoms with van der Waals surface area (Å²) in [6, 6.07) is 47.5. The van der Waals surface area contributed by atoms with Gasteiger partial charge in [-0.15, -0.1) is 0 Å². The van der Waals surface area contributed by atoms with Gasteiger partial charge in [0.05, 0.1) is 95.1 Å². The van der Waals surface area contributed by atoms with Gasteiger partial charge in [-0.1, -0.05) is 97.1 Å². The molecule has 0 aliphatic rings. The molecular formula is C60H46N12. The number of benzene rings is 8. The van der Waals surface area contributed by atoms with Crippen molar-refractivity contribution in [1.29, 1.82) is 0 Å². The number of anilines is 12. The summed E-state index contributed by atoms with van der Waals surface area (Å²) >= 11 is 0. The molecule has 12 rings (SSSR count). The van der Waals surface area contributed by atoms with E-state index in [4.69, 9.17) is 0 Å². The zero-order chi connectivity index (χ0) is 48.7. The molecule has 0 saturated heterocycles.